The second kappa shape index (κ2) is 9.14. The van der Waals surface area contributed by atoms with Crippen LogP contribution >= 0.6 is 0 Å². The molecule has 0 unspecified atom stereocenters. The van der Waals surface area contributed by atoms with Crippen LogP contribution in [0.4, 0.5) is 0 Å². The van der Waals surface area contributed by atoms with Gasteiger partial charge in [-0.1, -0.05) is 60.7 Å². The van der Waals surface area contributed by atoms with E-state index in [0.29, 0.717) is 13.0 Å². The van der Waals surface area contributed by atoms with Crippen LogP contribution in [0.2, 0.25) is 0 Å². The molecule has 0 radical (unpaired) electrons. The lowest BCUT2D eigenvalue weighted by atomic mass is 9.89. The van der Waals surface area contributed by atoms with E-state index >= 15 is 0 Å². The van der Waals surface area contributed by atoms with Gasteiger partial charge in [0, 0.05) is 36.9 Å². The maximum atomic E-state index is 13.9. The topological polar surface area (TPSA) is 75.4 Å². The van der Waals surface area contributed by atoms with Crippen LogP contribution in [0.15, 0.2) is 79.0 Å². The van der Waals surface area contributed by atoms with Crippen LogP contribution in [0.25, 0.3) is 11.0 Å². The average molecular weight is 454 g/mol. The fraction of sp³-hybridized carbons (Fsp3) is 0.250. The second-order valence-electron chi connectivity index (χ2n) is 8.88. The number of carboxylic acid groups (broad SMARTS) is 1. The third-order valence-electron chi connectivity index (χ3n) is 6.89. The number of carbonyl (C=O) groups excluding carboxylic acids is 1. The van der Waals surface area contributed by atoms with Gasteiger partial charge in [0.25, 0.3) is 0 Å². The normalized spacial score (nSPS) is 15.3. The number of pyridine rings is 1. The van der Waals surface area contributed by atoms with E-state index in [0.717, 1.165) is 39.8 Å². The van der Waals surface area contributed by atoms with Crippen molar-refractivity contribution in [1.29, 1.82) is 0 Å². The molecular weight excluding hydrogens is 426 g/mol. The summed E-state index contributed by atoms with van der Waals surface area (Å²) >= 11 is 0. The Bertz CT molecular complexity index is 1290. The van der Waals surface area contributed by atoms with E-state index in [9.17, 15) is 14.7 Å². The number of amides is 1. The summed E-state index contributed by atoms with van der Waals surface area (Å²) in [5.41, 5.74) is 4.60. The number of hydrogen-bond acceptors (Lipinski definition) is 3. The van der Waals surface area contributed by atoms with Gasteiger partial charge in [0.1, 0.15) is 5.65 Å². The van der Waals surface area contributed by atoms with E-state index in [2.05, 4.69) is 9.55 Å². The first kappa shape index (κ1) is 21.9. The predicted molar refractivity (Wildman–Crippen MR) is 131 cm³/mol. The van der Waals surface area contributed by atoms with Crippen molar-refractivity contribution in [2.24, 2.45) is 0 Å². The van der Waals surface area contributed by atoms with Gasteiger partial charge in [-0.25, -0.2) is 4.98 Å². The highest BCUT2D eigenvalue weighted by Gasteiger charge is 2.33. The lowest BCUT2D eigenvalue weighted by molar-refractivity contribution is -0.136. The standard InChI is InChI=1S/C28H27N3O3/c1-30(28(34)26(19-9-4-2-5-10-19)20-11-6-3-7-12-20)21-14-15-24-23(17-25(32)33)22-13-8-16-29-27(22)31(24)18-21/h2-13,16,21,26H,14-15,17-18H2,1H3,(H,32,33)/t21-/m1/s1. The summed E-state index contributed by atoms with van der Waals surface area (Å²) in [6, 6.07) is 23.6. The van der Waals surface area contributed by atoms with Crippen molar-refractivity contribution in [3.8, 4) is 0 Å². The molecule has 6 heteroatoms. The molecule has 172 valence electrons. The largest absolute Gasteiger partial charge is 0.481 e. The Morgan fingerprint density at radius 2 is 1.68 bits per heavy atom. The zero-order valence-electron chi connectivity index (χ0n) is 19.1. The highest BCUT2D eigenvalue weighted by atomic mass is 16.4. The number of hydrogen-bond donors (Lipinski definition) is 1. The monoisotopic (exact) mass is 453 g/mol. The molecule has 1 N–H and O–H groups in total. The first-order chi connectivity index (χ1) is 16.5. The molecule has 0 aliphatic carbocycles. The molecular formula is C28H27N3O3. The van der Waals surface area contributed by atoms with Gasteiger partial charge in [-0.3, -0.25) is 9.59 Å². The molecule has 0 saturated heterocycles. The summed E-state index contributed by atoms with van der Waals surface area (Å²) in [5.74, 6) is -1.17. The molecule has 3 heterocycles. The van der Waals surface area contributed by atoms with Crippen molar-refractivity contribution >= 4 is 22.9 Å². The van der Waals surface area contributed by atoms with Crippen molar-refractivity contribution in [2.45, 2.75) is 37.8 Å². The molecule has 1 atom stereocenters. The van der Waals surface area contributed by atoms with Crippen molar-refractivity contribution in [2.75, 3.05) is 7.05 Å². The molecule has 0 saturated carbocycles. The van der Waals surface area contributed by atoms with Gasteiger partial charge >= 0.3 is 5.97 Å². The molecule has 1 aliphatic heterocycles. The van der Waals surface area contributed by atoms with Crippen LogP contribution in [-0.2, 0) is 29.0 Å². The van der Waals surface area contributed by atoms with E-state index in [1.165, 1.54) is 0 Å². The molecule has 4 aromatic rings. The number of nitrogens with zero attached hydrogens (tertiary/aromatic N) is 3. The SMILES string of the molecule is CN(C(=O)C(c1ccccc1)c1ccccc1)[C@@H]1CCc2c(CC(=O)O)c3cccnc3n2C1. The molecule has 1 amide bonds. The van der Waals surface area contributed by atoms with Crippen LogP contribution in [-0.4, -0.2) is 44.5 Å². The van der Waals surface area contributed by atoms with Gasteiger partial charge < -0.3 is 14.6 Å². The Labute approximate surface area is 198 Å². The van der Waals surface area contributed by atoms with E-state index in [4.69, 9.17) is 0 Å². The van der Waals surface area contributed by atoms with Gasteiger partial charge in [-0.05, 0) is 41.7 Å². The summed E-state index contributed by atoms with van der Waals surface area (Å²) in [7, 11) is 1.88. The molecule has 0 fully saturated rings. The third-order valence-corrected chi connectivity index (χ3v) is 6.89. The first-order valence-electron chi connectivity index (χ1n) is 11.6. The number of aliphatic carboxylic acids is 1. The third kappa shape index (κ3) is 3.96. The summed E-state index contributed by atoms with van der Waals surface area (Å²) in [4.78, 5) is 31.8. The number of aromatic nitrogens is 2. The van der Waals surface area contributed by atoms with Crippen molar-refractivity contribution in [3.63, 3.8) is 0 Å². The maximum absolute atomic E-state index is 13.9. The highest BCUT2D eigenvalue weighted by Crippen LogP contribution is 2.33. The molecule has 2 aromatic heterocycles. The van der Waals surface area contributed by atoms with Gasteiger partial charge in [0.05, 0.1) is 12.3 Å². The fourth-order valence-corrected chi connectivity index (χ4v) is 5.20. The zero-order chi connectivity index (χ0) is 23.7. The Morgan fingerprint density at radius 1 is 1.03 bits per heavy atom. The first-order valence-corrected chi connectivity index (χ1v) is 11.6. The lowest BCUT2D eigenvalue weighted by Gasteiger charge is -2.35. The highest BCUT2D eigenvalue weighted by molar-refractivity contribution is 5.88. The van der Waals surface area contributed by atoms with Crippen LogP contribution < -0.4 is 0 Å². The molecule has 0 spiro atoms. The zero-order valence-corrected chi connectivity index (χ0v) is 19.1. The van der Waals surface area contributed by atoms with Crippen molar-refractivity contribution in [3.05, 3.63) is 101 Å². The average Bonchev–Trinajstić information content (AvgIpc) is 3.17. The molecule has 0 bridgehead atoms. The summed E-state index contributed by atoms with van der Waals surface area (Å²) < 4.78 is 2.12. The Balaban J connectivity index is 1.48. The Kier molecular flexibility index (Phi) is 5.88. The minimum Gasteiger partial charge on any atom is -0.481 e. The Hall–Kier alpha value is -3.93. The fourth-order valence-electron chi connectivity index (χ4n) is 5.20. The quantitative estimate of drug-likeness (QED) is 0.473. The number of fused-ring (bicyclic) bond motifs is 3. The minimum atomic E-state index is -0.845. The smallest absolute Gasteiger partial charge is 0.307 e. The predicted octanol–water partition coefficient (Wildman–Crippen LogP) is 4.27. The number of carbonyl (C=O) groups is 2. The van der Waals surface area contributed by atoms with Crippen molar-refractivity contribution in [1.82, 2.24) is 14.5 Å². The van der Waals surface area contributed by atoms with Crippen molar-refractivity contribution < 1.29 is 14.7 Å². The van der Waals surface area contributed by atoms with E-state index in [1.807, 2.05) is 84.7 Å². The number of benzene rings is 2. The molecule has 6 nitrogen and oxygen atoms in total. The van der Waals surface area contributed by atoms with E-state index in [-0.39, 0.29) is 24.3 Å². The van der Waals surface area contributed by atoms with Crippen LogP contribution in [0.3, 0.4) is 0 Å². The maximum Gasteiger partial charge on any atom is 0.307 e. The molecule has 2 aromatic carbocycles. The van der Waals surface area contributed by atoms with E-state index in [1.54, 1.807) is 6.20 Å². The summed E-state index contributed by atoms with van der Waals surface area (Å²) in [5, 5.41) is 10.3. The van der Waals surface area contributed by atoms with E-state index < -0.39 is 5.97 Å². The summed E-state index contributed by atoms with van der Waals surface area (Å²) in [6.07, 6.45) is 3.21. The van der Waals surface area contributed by atoms with Gasteiger partial charge in [-0.2, -0.15) is 0 Å². The van der Waals surface area contributed by atoms with Crippen LogP contribution in [0.1, 0.15) is 34.7 Å². The number of carboxylic acids is 1. The minimum absolute atomic E-state index is 0.00907. The van der Waals surface area contributed by atoms with Gasteiger partial charge in [0.2, 0.25) is 5.91 Å². The molecule has 34 heavy (non-hydrogen) atoms. The van der Waals surface area contributed by atoms with Crippen LogP contribution in [0.5, 0.6) is 0 Å². The number of likely N-dealkylation sites (N-methyl/N-ethyl adjacent to an activating group) is 1. The lowest BCUT2D eigenvalue weighted by Crippen LogP contribution is -2.44. The molecule has 5 rings (SSSR count). The van der Waals surface area contributed by atoms with Gasteiger partial charge in [-0.15, -0.1) is 0 Å². The number of rotatable bonds is 6. The summed E-state index contributed by atoms with van der Waals surface area (Å²) in [6.45, 7) is 0.598. The Morgan fingerprint density at radius 3 is 2.29 bits per heavy atom. The second-order valence-corrected chi connectivity index (χ2v) is 8.88. The molecule has 1 aliphatic rings. The van der Waals surface area contributed by atoms with Crippen LogP contribution in [0, 0.1) is 0 Å². The van der Waals surface area contributed by atoms with Gasteiger partial charge in [0.15, 0.2) is 0 Å².